The standard InChI is InChI=1S/C58H51N/c1-55(2)28-29-56(3,4)49-32-41(25-27-47(49)55)59(40-23-18-36(19-24-40)43-14-9-11-35-10-5-6-12-42(35)43)39-21-16-34(17-22-39)37-20-26-45-44-13-7-8-15-46(44)58(48(45)30-37)50-31-38-33-57(50)53-51(38)52(53)54(57)58/h5-27,30,32,38,50-54H,28-29,31,33H2,1-4H3. The molecule has 8 atom stereocenters. The van der Waals surface area contributed by atoms with Crippen molar-refractivity contribution in [1.82, 2.24) is 0 Å². The van der Waals surface area contributed by atoms with Gasteiger partial charge in [0.15, 0.2) is 0 Å². The van der Waals surface area contributed by atoms with Crippen LogP contribution in [0, 0.1) is 40.9 Å². The van der Waals surface area contributed by atoms with Gasteiger partial charge in [0.2, 0.25) is 0 Å². The molecule has 288 valence electrons. The van der Waals surface area contributed by atoms with Crippen LogP contribution in [0.4, 0.5) is 17.1 Å². The summed E-state index contributed by atoms with van der Waals surface area (Å²) < 4.78 is 0. The molecule has 0 aliphatic heterocycles. The zero-order valence-electron chi connectivity index (χ0n) is 34.7. The van der Waals surface area contributed by atoms with Gasteiger partial charge in [0, 0.05) is 22.5 Å². The first-order chi connectivity index (χ1) is 28.7. The molecule has 7 aromatic rings. The van der Waals surface area contributed by atoms with Crippen LogP contribution in [0.5, 0.6) is 0 Å². The van der Waals surface area contributed by atoms with Gasteiger partial charge in [0.25, 0.3) is 0 Å². The highest BCUT2D eigenvalue weighted by atomic mass is 15.1. The van der Waals surface area contributed by atoms with Crippen LogP contribution in [0.25, 0.3) is 44.2 Å². The van der Waals surface area contributed by atoms with Gasteiger partial charge in [0.05, 0.1) is 0 Å². The Hall–Kier alpha value is -5.40. The predicted molar refractivity (Wildman–Crippen MR) is 244 cm³/mol. The Morgan fingerprint density at radius 2 is 1.14 bits per heavy atom. The molecule has 14 rings (SSSR count). The van der Waals surface area contributed by atoms with Crippen molar-refractivity contribution >= 4 is 27.8 Å². The molecule has 59 heavy (non-hydrogen) atoms. The Morgan fingerprint density at radius 3 is 1.93 bits per heavy atom. The summed E-state index contributed by atoms with van der Waals surface area (Å²) in [4.78, 5) is 2.49. The van der Waals surface area contributed by atoms with Crippen molar-refractivity contribution < 1.29 is 0 Å². The third-order valence-electron chi connectivity index (χ3n) is 18.0. The molecule has 2 spiro atoms. The second-order valence-corrected chi connectivity index (χ2v) is 21.2. The maximum Gasteiger partial charge on any atom is 0.0464 e. The molecular formula is C58H51N. The van der Waals surface area contributed by atoms with E-state index in [1.807, 2.05) is 0 Å². The lowest BCUT2D eigenvalue weighted by molar-refractivity contribution is -0.196. The van der Waals surface area contributed by atoms with Gasteiger partial charge < -0.3 is 4.90 Å². The first-order valence-corrected chi connectivity index (χ1v) is 22.6. The summed E-state index contributed by atoms with van der Waals surface area (Å²) in [6, 6.07) is 58.6. The fraction of sp³-hybridized carbons (Fsp3) is 0.310. The fourth-order valence-electron chi connectivity index (χ4n) is 15.7. The fourth-order valence-corrected chi connectivity index (χ4v) is 15.7. The summed E-state index contributed by atoms with van der Waals surface area (Å²) in [7, 11) is 0. The summed E-state index contributed by atoms with van der Waals surface area (Å²) >= 11 is 0. The number of anilines is 3. The molecule has 0 radical (unpaired) electrons. The van der Waals surface area contributed by atoms with E-state index in [0.29, 0.717) is 5.41 Å². The lowest BCUT2D eigenvalue weighted by Crippen LogP contribution is -2.71. The molecule has 0 saturated heterocycles. The lowest BCUT2D eigenvalue weighted by Gasteiger charge is -2.73. The smallest absolute Gasteiger partial charge is 0.0464 e. The Morgan fingerprint density at radius 1 is 0.492 bits per heavy atom. The minimum atomic E-state index is 0.124. The third-order valence-corrected chi connectivity index (χ3v) is 18.0. The van der Waals surface area contributed by atoms with E-state index in [1.54, 1.807) is 11.1 Å². The summed E-state index contributed by atoms with van der Waals surface area (Å²) in [6.45, 7) is 9.72. The highest BCUT2D eigenvalue weighted by Crippen LogP contribution is 3.01. The number of benzene rings is 7. The molecule has 7 aliphatic carbocycles. The normalized spacial score (nSPS) is 30.8. The van der Waals surface area contributed by atoms with Gasteiger partial charge in [-0.05, 0) is 186 Å². The van der Waals surface area contributed by atoms with Crippen LogP contribution in [0.3, 0.4) is 0 Å². The van der Waals surface area contributed by atoms with Gasteiger partial charge in [-0.3, -0.25) is 0 Å². The monoisotopic (exact) mass is 761 g/mol. The first-order valence-electron chi connectivity index (χ1n) is 22.6. The van der Waals surface area contributed by atoms with Crippen LogP contribution in [-0.2, 0) is 16.2 Å². The van der Waals surface area contributed by atoms with Crippen molar-refractivity contribution in [2.45, 2.75) is 69.6 Å². The SMILES string of the molecule is CC1(C)CCC(C)(C)c2cc(N(c3ccc(-c4ccc5c(c4)C4(c6ccccc6-5)C5CC6CC57C5C6C5C47)cc3)c3ccc(-c4cccc5ccccc45)cc3)ccc21. The van der Waals surface area contributed by atoms with E-state index in [9.17, 15) is 0 Å². The largest absolute Gasteiger partial charge is 0.310 e. The first kappa shape index (κ1) is 33.4. The van der Waals surface area contributed by atoms with Gasteiger partial charge >= 0.3 is 0 Å². The molecule has 1 heteroatoms. The average molecular weight is 762 g/mol. The van der Waals surface area contributed by atoms with Crippen LogP contribution in [-0.4, -0.2) is 0 Å². The molecule has 5 fully saturated rings. The Kier molecular flexibility index (Phi) is 6.15. The molecule has 0 heterocycles. The number of nitrogens with zero attached hydrogens (tertiary/aromatic N) is 1. The molecule has 8 unspecified atom stereocenters. The highest BCUT2D eigenvalue weighted by molar-refractivity contribution is 5.97. The molecule has 7 aromatic carbocycles. The van der Waals surface area contributed by atoms with Crippen LogP contribution >= 0.6 is 0 Å². The van der Waals surface area contributed by atoms with E-state index in [-0.39, 0.29) is 16.2 Å². The van der Waals surface area contributed by atoms with E-state index in [1.165, 1.54) is 98.0 Å². The molecule has 7 aliphatic rings. The average Bonchev–Trinajstić information content (AvgIpc) is 3.58. The lowest BCUT2D eigenvalue weighted by atomic mass is 9.30. The highest BCUT2D eigenvalue weighted by Gasteiger charge is 2.98. The third kappa shape index (κ3) is 3.95. The summed E-state index contributed by atoms with van der Waals surface area (Å²) in [5.74, 6) is 5.88. The van der Waals surface area contributed by atoms with Gasteiger partial charge in [-0.25, -0.2) is 0 Å². The van der Waals surface area contributed by atoms with Crippen molar-refractivity contribution in [2.24, 2.45) is 40.9 Å². The van der Waals surface area contributed by atoms with E-state index >= 15 is 0 Å². The van der Waals surface area contributed by atoms with E-state index < -0.39 is 0 Å². The predicted octanol–water partition coefficient (Wildman–Crippen LogP) is 14.8. The molecule has 0 N–H and O–H groups in total. The van der Waals surface area contributed by atoms with Crippen molar-refractivity contribution in [1.29, 1.82) is 0 Å². The van der Waals surface area contributed by atoms with Gasteiger partial charge in [-0.15, -0.1) is 0 Å². The minimum Gasteiger partial charge on any atom is -0.310 e. The number of hydrogen-bond donors (Lipinski definition) is 0. The van der Waals surface area contributed by atoms with Crippen molar-refractivity contribution in [3.05, 3.63) is 174 Å². The van der Waals surface area contributed by atoms with Crippen molar-refractivity contribution in [3.63, 3.8) is 0 Å². The topological polar surface area (TPSA) is 3.24 Å². The quantitative estimate of drug-likeness (QED) is 0.169. The summed E-state index contributed by atoms with van der Waals surface area (Å²) in [6.07, 6.45) is 5.42. The number of hydrogen-bond acceptors (Lipinski definition) is 1. The van der Waals surface area contributed by atoms with E-state index in [4.69, 9.17) is 0 Å². The molecule has 2 bridgehead atoms. The van der Waals surface area contributed by atoms with Gasteiger partial charge in [0.1, 0.15) is 0 Å². The second-order valence-electron chi connectivity index (χ2n) is 21.2. The molecule has 5 saturated carbocycles. The Labute approximate surface area is 349 Å². The van der Waals surface area contributed by atoms with Crippen LogP contribution in [0.1, 0.15) is 75.6 Å². The van der Waals surface area contributed by atoms with Gasteiger partial charge in [-0.2, -0.15) is 0 Å². The zero-order valence-corrected chi connectivity index (χ0v) is 34.7. The Balaban J connectivity index is 0.870. The molecule has 0 amide bonds. The summed E-state index contributed by atoms with van der Waals surface area (Å²) in [5.41, 5.74) is 19.3. The minimum absolute atomic E-state index is 0.124. The molecular weight excluding hydrogens is 711 g/mol. The van der Waals surface area contributed by atoms with Crippen molar-refractivity contribution in [3.8, 4) is 33.4 Å². The number of fused-ring (bicyclic) bond motifs is 13. The van der Waals surface area contributed by atoms with Crippen molar-refractivity contribution in [2.75, 3.05) is 4.90 Å². The summed E-state index contributed by atoms with van der Waals surface area (Å²) in [5, 5.41) is 2.57. The maximum absolute atomic E-state index is 2.65. The van der Waals surface area contributed by atoms with E-state index in [0.717, 1.165) is 35.5 Å². The van der Waals surface area contributed by atoms with E-state index in [2.05, 4.69) is 184 Å². The van der Waals surface area contributed by atoms with Crippen LogP contribution in [0.2, 0.25) is 0 Å². The molecule has 1 nitrogen and oxygen atoms in total. The maximum atomic E-state index is 2.65. The van der Waals surface area contributed by atoms with Gasteiger partial charge in [-0.1, -0.05) is 137 Å². The second kappa shape index (κ2) is 10.9. The van der Waals surface area contributed by atoms with Crippen LogP contribution in [0.15, 0.2) is 152 Å². The zero-order chi connectivity index (χ0) is 39.2. The number of rotatable bonds is 5. The molecule has 0 aromatic heterocycles. The van der Waals surface area contributed by atoms with Crippen LogP contribution < -0.4 is 4.90 Å². The Bertz CT molecular complexity index is 2930.